The number of halogens is 2. The summed E-state index contributed by atoms with van der Waals surface area (Å²) in [5.74, 6) is 1.03. The van der Waals surface area contributed by atoms with Crippen LogP contribution in [0.25, 0.3) is 0 Å². The Morgan fingerprint density at radius 1 is 1.22 bits per heavy atom. The van der Waals surface area contributed by atoms with Crippen LogP contribution in [0.1, 0.15) is 0 Å². The Hall–Kier alpha value is -1.34. The zero-order valence-electron chi connectivity index (χ0n) is 8.97. The lowest BCUT2D eigenvalue weighted by Crippen LogP contribution is -1.90. The van der Waals surface area contributed by atoms with E-state index in [0.717, 1.165) is 3.57 Å². The zero-order valence-corrected chi connectivity index (χ0v) is 11.9. The van der Waals surface area contributed by atoms with Gasteiger partial charge >= 0.3 is 0 Å². The van der Waals surface area contributed by atoms with Crippen molar-refractivity contribution in [3.05, 3.63) is 61.2 Å². The van der Waals surface area contributed by atoms with Crippen LogP contribution in [0.4, 0.5) is 5.69 Å². The number of nitro benzene ring substituents is 1. The minimum atomic E-state index is -0.499. The summed E-state index contributed by atoms with van der Waals surface area (Å²) in [6, 6.07) is 11.5. The van der Waals surface area contributed by atoms with E-state index in [1.165, 1.54) is 18.2 Å². The highest BCUT2D eigenvalue weighted by Crippen LogP contribution is 2.32. The van der Waals surface area contributed by atoms with Gasteiger partial charge in [-0.25, -0.2) is 0 Å². The van der Waals surface area contributed by atoms with Crippen molar-refractivity contribution in [3.8, 4) is 11.5 Å². The Kier molecular flexibility index (Phi) is 4.03. The molecule has 0 fully saturated rings. The third kappa shape index (κ3) is 3.11. The first-order valence-corrected chi connectivity index (χ1v) is 6.39. The molecule has 0 heterocycles. The van der Waals surface area contributed by atoms with E-state index in [1.54, 1.807) is 6.07 Å². The van der Waals surface area contributed by atoms with Crippen molar-refractivity contribution < 1.29 is 9.66 Å². The first kappa shape index (κ1) is 13.1. The standard InChI is InChI=1S/C12H7ClINO3/c13-11-7-9(15(16)17)4-5-12(11)18-10-3-1-2-8(14)6-10/h1-7H. The molecule has 6 heteroatoms. The van der Waals surface area contributed by atoms with Gasteiger partial charge in [0.2, 0.25) is 0 Å². The molecule has 0 saturated heterocycles. The van der Waals surface area contributed by atoms with Crippen molar-refractivity contribution in [2.75, 3.05) is 0 Å². The van der Waals surface area contributed by atoms with Crippen molar-refractivity contribution in [1.82, 2.24) is 0 Å². The van der Waals surface area contributed by atoms with E-state index in [9.17, 15) is 10.1 Å². The lowest BCUT2D eigenvalue weighted by molar-refractivity contribution is -0.384. The van der Waals surface area contributed by atoms with Crippen LogP contribution in [0.15, 0.2) is 42.5 Å². The number of non-ortho nitro benzene ring substituents is 1. The molecule has 0 aliphatic carbocycles. The average molecular weight is 376 g/mol. The molecule has 0 aromatic heterocycles. The number of hydrogen-bond donors (Lipinski definition) is 0. The van der Waals surface area contributed by atoms with Crippen LogP contribution in [-0.2, 0) is 0 Å². The number of rotatable bonds is 3. The molecule has 0 unspecified atom stereocenters. The molecule has 0 atom stereocenters. The van der Waals surface area contributed by atoms with Crippen molar-refractivity contribution in [1.29, 1.82) is 0 Å². The molecule has 2 aromatic rings. The van der Waals surface area contributed by atoms with Gasteiger partial charge in [-0.05, 0) is 46.9 Å². The molecule has 0 N–H and O–H groups in total. The highest BCUT2D eigenvalue weighted by Gasteiger charge is 2.10. The van der Waals surface area contributed by atoms with E-state index in [1.807, 2.05) is 18.2 Å². The smallest absolute Gasteiger partial charge is 0.271 e. The van der Waals surface area contributed by atoms with Crippen LogP contribution in [0, 0.1) is 13.7 Å². The van der Waals surface area contributed by atoms with Gasteiger partial charge in [-0.15, -0.1) is 0 Å². The second-order valence-electron chi connectivity index (χ2n) is 3.43. The predicted octanol–water partition coefficient (Wildman–Crippen LogP) is 4.65. The Bertz CT molecular complexity index is 604. The van der Waals surface area contributed by atoms with Gasteiger partial charge in [0.05, 0.1) is 9.95 Å². The maximum absolute atomic E-state index is 10.6. The summed E-state index contributed by atoms with van der Waals surface area (Å²) in [4.78, 5) is 10.1. The lowest BCUT2D eigenvalue weighted by atomic mass is 10.3. The lowest BCUT2D eigenvalue weighted by Gasteiger charge is -2.07. The molecule has 2 rings (SSSR count). The number of nitrogens with zero attached hydrogens (tertiary/aromatic N) is 1. The molecular weight excluding hydrogens is 368 g/mol. The molecule has 4 nitrogen and oxygen atoms in total. The molecule has 2 aromatic carbocycles. The Balaban J connectivity index is 2.27. The van der Waals surface area contributed by atoms with Crippen LogP contribution in [0.2, 0.25) is 5.02 Å². The van der Waals surface area contributed by atoms with Gasteiger partial charge in [0.25, 0.3) is 5.69 Å². The first-order valence-electron chi connectivity index (χ1n) is 4.93. The summed E-state index contributed by atoms with van der Waals surface area (Å²) in [5.41, 5.74) is -0.0602. The van der Waals surface area contributed by atoms with E-state index >= 15 is 0 Å². The maximum atomic E-state index is 10.6. The summed E-state index contributed by atoms with van der Waals surface area (Å²) in [6.07, 6.45) is 0. The Morgan fingerprint density at radius 3 is 2.61 bits per heavy atom. The fourth-order valence-corrected chi connectivity index (χ4v) is 2.07. The predicted molar refractivity (Wildman–Crippen MR) is 77.3 cm³/mol. The maximum Gasteiger partial charge on any atom is 0.271 e. The normalized spacial score (nSPS) is 10.1. The molecule has 0 radical (unpaired) electrons. The second-order valence-corrected chi connectivity index (χ2v) is 5.08. The van der Waals surface area contributed by atoms with Crippen LogP contribution < -0.4 is 4.74 Å². The van der Waals surface area contributed by atoms with Crippen LogP contribution in [0.3, 0.4) is 0 Å². The summed E-state index contributed by atoms with van der Waals surface area (Å²) in [5, 5.41) is 10.8. The molecule has 0 aliphatic heterocycles. The van der Waals surface area contributed by atoms with Gasteiger partial charge < -0.3 is 4.74 Å². The van der Waals surface area contributed by atoms with Gasteiger partial charge in [0.15, 0.2) is 0 Å². The topological polar surface area (TPSA) is 52.4 Å². The zero-order chi connectivity index (χ0) is 13.1. The van der Waals surface area contributed by atoms with Gasteiger partial charge in [0.1, 0.15) is 11.5 Å². The number of hydrogen-bond acceptors (Lipinski definition) is 3. The molecule has 0 spiro atoms. The highest BCUT2D eigenvalue weighted by molar-refractivity contribution is 14.1. The van der Waals surface area contributed by atoms with E-state index in [2.05, 4.69) is 22.6 Å². The molecule has 0 amide bonds. The quantitative estimate of drug-likeness (QED) is 0.446. The Labute approximate surface area is 122 Å². The molecular formula is C12H7ClINO3. The first-order chi connectivity index (χ1) is 8.56. The van der Waals surface area contributed by atoms with Crippen LogP contribution >= 0.6 is 34.2 Å². The largest absolute Gasteiger partial charge is 0.456 e. The summed E-state index contributed by atoms with van der Waals surface area (Å²) < 4.78 is 6.60. The van der Waals surface area contributed by atoms with Crippen molar-refractivity contribution >= 4 is 39.9 Å². The highest BCUT2D eigenvalue weighted by atomic mass is 127. The van der Waals surface area contributed by atoms with Crippen LogP contribution in [-0.4, -0.2) is 4.92 Å². The van der Waals surface area contributed by atoms with Gasteiger partial charge in [-0.3, -0.25) is 10.1 Å². The van der Waals surface area contributed by atoms with Crippen LogP contribution in [0.5, 0.6) is 11.5 Å². The van der Waals surface area contributed by atoms with Gasteiger partial charge in [-0.2, -0.15) is 0 Å². The minimum absolute atomic E-state index is 0.0602. The second kappa shape index (κ2) is 5.53. The van der Waals surface area contributed by atoms with E-state index in [-0.39, 0.29) is 10.7 Å². The number of benzene rings is 2. The van der Waals surface area contributed by atoms with Crippen molar-refractivity contribution in [2.24, 2.45) is 0 Å². The molecule has 92 valence electrons. The Morgan fingerprint density at radius 2 is 2.00 bits per heavy atom. The third-order valence-electron chi connectivity index (χ3n) is 2.15. The summed E-state index contributed by atoms with van der Waals surface area (Å²) >= 11 is 8.10. The van der Waals surface area contributed by atoms with Crippen molar-refractivity contribution in [2.45, 2.75) is 0 Å². The number of nitro groups is 1. The molecule has 18 heavy (non-hydrogen) atoms. The third-order valence-corrected chi connectivity index (χ3v) is 3.12. The van der Waals surface area contributed by atoms with Crippen molar-refractivity contribution in [3.63, 3.8) is 0 Å². The molecule has 0 saturated carbocycles. The van der Waals surface area contributed by atoms with E-state index in [4.69, 9.17) is 16.3 Å². The fourth-order valence-electron chi connectivity index (χ4n) is 1.34. The monoisotopic (exact) mass is 375 g/mol. The van der Waals surface area contributed by atoms with Gasteiger partial charge in [-0.1, -0.05) is 17.7 Å². The minimum Gasteiger partial charge on any atom is -0.456 e. The SMILES string of the molecule is O=[N+]([O-])c1ccc(Oc2cccc(I)c2)c(Cl)c1. The summed E-state index contributed by atoms with van der Waals surface area (Å²) in [6.45, 7) is 0. The van der Waals surface area contributed by atoms with E-state index < -0.39 is 4.92 Å². The summed E-state index contributed by atoms with van der Waals surface area (Å²) in [7, 11) is 0. The average Bonchev–Trinajstić information content (AvgIpc) is 2.31. The van der Waals surface area contributed by atoms with E-state index in [0.29, 0.717) is 11.5 Å². The molecule has 0 aliphatic rings. The number of ether oxygens (including phenoxy) is 1. The van der Waals surface area contributed by atoms with Gasteiger partial charge in [0, 0.05) is 15.7 Å². The molecule has 0 bridgehead atoms. The fraction of sp³-hybridized carbons (Fsp3) is 0.